The largest absolute Gasteiger partial charge is 0.360 e. The normalized spacial score (nSPS) is 12.5. The van der Waals surface area contributed by atoms with Crippen LogP contribution < -0.4 is 10.6 Å². The van der Waals surface area contributed by atoms with E-state index in [0.717, 1.165) is 6.42 Å². The fraction of sp³-hybridized carbons (Fsp3) is 0.316. The molecule has 1 atom stereocenters. The minimum absolute atomic E-state index is 0.0371. The van der Waals surface area contributed by atoms with Gasteiger partial charge >= 0.3 is 0 Å². The van der Waals surface area contributed by atoms with Gasteiger partial charge in [0.05, 0.1) is 0 Å². The van der Waals surface area contributed by atoms with Crippen molar-refractivity contribution in [3.05, 3.63) is 65.7 Å². The van der Waals surface area contributed by atoms with Crippen LogP contribution in [0.4, 0.5) is 14.5 Å². The van der Waals surface area contributed by atoms with Gasteiger partial charge in [-0.2, -0.15) is 0 Å². The Hall–Kier alpha value is -2.01. The first-order chi connectivity index (χ1) is 11.3. The molecule has 0 spiro atoms. The molecule has 0 heterocycles. The van der Waals surface area contributed by atoms with E-state index in [0.29, 0.717) is 0 Å². The molecule has 2 N–H and O–H groups in total. The van der Waals surface area contributed by atoms with E-state index < -0.39 is 11.6 Å². The summed E-state index contributed by atoms with van der Waals surface area (Å²) in [7, 11) is 0. The van der Waals surface area contributed by atoms with Gasteiger partial charge in [-0.05, 0) is 48.7 Å². The lowest BCUT2D eigenvalue weighted by molar-refractivity contribution is 0.420. The van der Waals surface area contributed by atoms with E-state index in [-0.39, 0.29) is 22.3 Å². The summed E-state index contributed by atoms with van der Waals surface area (Å²) < 4.78 is 27.3. The van der Waals surface area contributed by atoms with Crippen molar-refractivity contribution < 1.29 is 8.78 Å². The molecule has 0 aliphatic heterocycles. The molecule has 0 fully saturated rings. The van der Waals surface area contributed by atoms with Gasteiger partial charge in [-0.3, -0.25) is 0 Å². The van der Waals surface area contributed by atoms with Crippen molar-refractivity contribution >= 4 is 23.0 Å². The van der Waals surface area contributed by atoms with Crippen molar-refractivity contribution in [2.75, 3.05) is 5.32 Å². The van der Waals surface area contributed by atoms with E-state index in [4.69, 9.17) is 12.2 Å². The van der Waals surface area contributed by atoms with E-state index >= 15 is 0 Å². The number of thiocarbonyl (C=S) groups is 1. The Balaban J connectivity index is 1.97. The molecule has 0 bridgehead atoms. The van der Waals surface area contributed by atoms with Gasteiger partial charge in [0, 0.05) is 6.04 Å². The number of benzene rings is 2. The maximum atomic E-state index is 13.7. The molecule has 0 radical (unpaired) electrons. The molecule has 2 aromatic carbocycles. The second-order valence-electron chi connectivity index (χ2n) is 6.55. The molecule has 0 saturated heterocycles. The van der Waals surface area contributed by atoms with Crippen LogP contribution in [0.15, 0.2) is 48.5 Å². The Morgan fingerprint density at radius 3 is 2.21 bits per heavy atom. The van der Waals surface area contributed by atoms with Crippen LogP contribution in [0.3, 0.4) is 0 Å². The third kappa shape index (κ3) is 4.74. The van der Waals surface area contributed by atoms with Crippen molar-refractivity contribution in [3.63, 3.8) is 0 Å². The van der Waals surface area contributed by atoms with Crippen molar-refractivity contribution in [2.24, 2.45) is 0 Å². The molecule has 24 heavy (non-hydrogen) atoms. The molecule has 0 unspecified atom stereocenters. The second kappa shape index (κ2) is 7.71. The van der Waals surface area contributed by atoms with Gasteiger partial charge in [0.25, 0.3) is 0 Å². The molecule has 0 amide bonds. The van der Waals surface area contributed by atoms with E-state index in [1.54, 1.807) is 0 Å². The first kappa shape index (κ1) is 18.3. The van der Waals surface area contributed by atoms with Gasteiger partial charge in [-0.25, -0.2) is 8.78 Å². The number of para-hydroxylation sites is 1. The average molecular weight is 348 g/mol. The topological polar surface area (TPSA) is 24.1 Å². The van der Waals surface area contributed by atoms with Crippen LogP contribution in [0.1, 0.15) is 32.8 Å². The Kier molecular flexibility index (Phi) is 5.89. The van der Waals surface area contributed by atoms with Crippen molar-refractivity contribution in [1.29, 1.82) is 0 Å². The fourth-order valence-corrected chi connectivity index (χ4v) is 3.12. The standard InChI is InChI=1S/C19H22F2N2S/c1-13(12-19(2,3)14-8-5-4-6-9-14)22-18(24)23-17-15(20)10-7-11-16(17)21/h4-11,13H,12H2,1-3H3,(H2,22,23,24)/t13-/m1/s1. The van der Waals surface area contributed by atoms with Crippen molar-refractivity contribution in [3.8, 4) is 0 Å². The molecule has 2 aromatic rings. The summed E-state index contributed by atoms with van der Waals surface area (Å²) in [6.45, 7) is 6.32. The van der Waals surface area contributed by atoms with Gasteiger partial charge < -0.3 is 10.6 Å². The summed E-state index contributed by atoms with van der Waals surface area (Å²) in [5, 5.41) is 5.90. The van der Waals surface area contributed by atoms with E-state index in [9.17, 15) is 8.78 Å². The lowest BCUT2D eigenvalue weighted by Gasteiger charge is -2.29. The third-order valence-electron chi connectivity index (χ3n) is 3.95. The molecule has 0 aromatic heterocycles. The van der Waals surface area contributed by atoms with Crippen LogP contribution in [0.2, 0.25) is 0 Å². The third-order valence-corrected chi connectivity index (χ3v) is 4.17. The number of halogens is 2. The van der Waals surface area contributed by atoms with Crippen LogP contribution in [0, 0.1) is 11.6 Å². The lowest BCUT2D eigenvalue weighted by atomic mass is 9.79. The maximum absolute atomic E-state index is 13.7. The van der Waals surface area contributed by atoms with Crippen LogP contribution in [-0.2, 0) is 5.41 Å². The van der Waals surface area contributed by atoms with Crippen LogP contribution in [0.25, 0.3) is 0 Å². The Bertz CT molecular complexity index is 682. The zero-order valence-electron chi connectivity index (χ0n) is 14.1. The molecular weight excluding hydrogens is 326 g/mol. The van der Waals surface area contributed by atoms with Crippen LogP contribution in [0.5, 0.6) is 0 Å². The minimum Gasteiger partial charge on any atom is -0.360 e. The second-order valence-corrected chi connectivity index (χ2v) is 6.96. The van der Waals surface area contributed by atoms with E-state index in [2.05, 4.69) is 36.6 Å². The first-order valence-corrected chi connectivity index (χ1v) is 8.27. The number of hydrogen-bond acceptors (Lipinski definition) is 1. The quantitative estimate of drug-likeness (QED) is 0.743. The fourth-order valence-electron chi connectivity index (χ4n) is 2.81. The van der Waals surface area contributed by atoms with Gasteiger partial charge in [-0.15, -0.1) is 0 Å². The van der Waals surface area contributed by atoms with Gasteiger partial charge in [0.2, 0.25) is 0 Å². The number of hydrogen-bond donors (Lipinski definition) is 2. The summed E-state index contributed by atoms with van der Waals surface area (Å²) in [4.78, 5) is 0. The maximum Gasteiger partial charge on any atom is 0.171 e. The van der Waals surface area contributed by atoms with Crippen molar-refractivity contribution in [2.45, 2.75) is 38.6 Å². The highest BCUT2D eigenvalue weighted by molar-refractivity contribution is 7.80. The molecule has 0 aliphatic carbocycles. The molecule has 5 heteroatoms. The first-order valence-electron chi connectivity index (χ1n) is 7.86. The predicted molar refractivity (Wildman–Crippen MR) is 99.3 cm³/mol. The Morgan fingerprint density at radius 2 is 1.62 bits per heavy atom. The minimum atomic E-state index is -0.670. The molecule has 2 nitrogen and oxygen atoms in total. The molecular formula is C19H22F2N2S. The number of anilines is 1. The zero-order chi connectivity index (χ0) is 17.7. The number of nitrogens with one attached hydrogen (secondary N) is 2. The SMILES string of the molecule is C[C@H](CC(C)(C)c1ccccc1)NC(=S)Nc1c(F)cccc1F. The molecule has 128 valence electrons. The summed E-state index contributed by atoms with van der Waals surface area (Å²) >= 11 is 5.18. The highest BCUT2D eigenvalue weighted by atomic mass is 32.1. The average Bonchev–Trinajstić information content (AvgIpc) is 2.51. The van der Waals surface area contributed by atoms with E-state index in [1.165, 1.54) is 23.8 Å². The summed E-state index contributed by atoms with van der Waals surface area (Å²) in [6.07, 6.45) is 0.818. The van der Waals surface area contributed by atoms with Crippen LogP contribution >= 0.6 is 12.2 Å². The Morgan fingerprint density at radius 1 is 1.04 bits per heavy atom. The summed E-state index contributed by atoms with van der Waals surface area (Å²) in [6, 6.07) is 13.9. The zero-order valence-corrected chi connectivity index (χ0v) is 14.9. The van der Waals surface area contributed by atoms with Crippen molar-refractivity contribution in [1.82, 2.24) is 5.32 Å². The summed E-state index contributed by atoms with van der Waals surface area (Å²) in [5.41, 5.74) is 0.953. The van der Waals surface area contributed by atoms with Gasteiger partial charge in [-0.1, -0.05) is 50.2 Å². The molecule has 2 rings (SSSR count). The van der Waals surface area contributed by atoms with Crippen LogP contribution in [-0.4, -0.2) is 11.2 Å². The Labute approximate surface area is 147 Å². The van der Waals surface area contributed by atoms with Gasteiger partial charge in [0.15, 0.2) is 5.11 Å². The highest BCUT2D eigenvalue weighted by Crippen LogP contribution is 2.28. The molecule has 0 saturated carbocycles. The predicted octanol–water partition coefficient (Wildman–Crippen LogP) is 5.01. The monoisotopic (exact) mass is 348 g/mol. The van der Waals surface area contributed by atoms with Gasteiger partial charge in [0.1, 0.15) is 17.3 Å². The highest BCUT2D eigenvalue weighted by Gasteiger charge is 2.23. The molecule has 0 aliphatic rings. The van der Waals surface area contributed by atoms with E-state index in [1.807, 2.05) is 25.1 Å². The smallest absolute Gasteiger partial charge is 0.171 e. The summed E-state index contributed by atoms with van der Waals surface area (Å²) in [5.74, 6) is -1.34. The lowest BCUT2D eigenvalue weighted by Crippen LogP contribution is -2.39. The number of rotatable bonds is 5.